The van der Waals surface area contributed by atoms with E-state index in [0.29, 0.717) is 17.8 Å². The zero-order valence-electron chi connectivity index (χ0n) is 18.6. The molecule has 0 aromatic carbocycles. The van der Waals surface area contributed by atoms with Gasteiger partial charge in [0, 0.05) is 0 Å². The van der Waals surface area contributed by atoms with Crippen LogP contribution in [0.25, 0.3) is 0 Å². The minimum atomic E-state index is -0.340. The third kappa shape index (κ3) is 12.5. The molecule has 3 atom stereocenters. The molecule has 1 heteroatoms. The Balaban J connectivity index is 4.75. The first kappa shape index (κ1) is 25.2. The van der Waals surface area contributed by atoms with Crippen LogP contribution < -0.4 is 0 Å². The molecule has 0 aromatic rings. The minimum absolute atomic E-state index is 0.340. The van der Waals surface area contributed by atoms with Crippen LogP contribution in [-0.2, 0) is 0 Å². The summed E-state index contributed by atoms with van der Waals surface area (Å²) in [5, 5.41) is 10.7. The van der Waals surface area contributed by atoms with Gasteiger partial charge in [-0.15, -0.1) is 6.58 Å². The predicted octanol–water partition coefficient (Wildman–Crippen LogP) is 7.72. The molecular formula is C25H46O. The van der Waals surface area contributed by atoms with Gasteiger partial charge in [0.05, 0.1) is 6.10 Å². The van der Waals surface area contributed by atoms with Gasteiger partial charge in [-0.25, -0.2) is 0 Å². The standard InChI is InChI=1S/C25H46O/c1-9-21(6)16-17-24(22(7)14-10-12-19(2)3)18-25(26)23(8)15-11-13-20(4)5/h9,15,19-21,24-26H,1,7,10-14,16-18H2,2-6,8H3/b23-15+. The molecule has 0 spiro atoms. The number of aliphatic hydroxyl groups is 1. The van der Waals surface area contributed by atoms with Gasteiger partial charge >= 0.3 is 0 Å². The topological polar surface area (TPSA) is 20.2 Å². The summed E-state index contributed by atoms with van der Waals surface area (Å²) in [4.78, 5) is 0. The highest BCUT2D eigenvalue weighted by atomic mass is 16.3. The SMILES string of the molecule is C=CC(C)CCC(CC(O)/C(C)=C/CCC(C)C)C(=C)CCCC(C)C. The van der Waals surface area contributed by atoms with Crippen LogP contribution in [0, 0.1) is 23.7 Å². The molecule has 0 saturated carbocycles. The predicted molar refractivity (Wildman–Crippen MR) is 118 cm³/mol. The highest BCUT2D eigenvalue weighted by molar-refractivity contribution is 5.09. The molecule has 0 rings (SSSR count). The second kappa shape index (κ2) is 14.3. The van der Waals surface area contributed by atoms with Crippen molar-refractivity contribution in [1.29, 1.82) is 0 Å². The molecule has 0 aliphatic carbocycles. The Morgan fingerprint density at radius 3 is 2.12 bits per heavy atom. The maximum absolute atomic E-state index is 10.7. The summed E-state index contributed by atoms with van der Waals surface area (Å²) in [5.41, 5.74) is 2.46. The lowest BCUT2D eigenvalue weighted by Crippen LogP contribution is -2.17. The summed E-state index contributed by atoms with van der Waals surface area (Å²) >= 11 is 0. The Labute approximate surface area is 164 Å². The molecule has 0 radical (unpaired) electrons. The van der Waals surface area contributed by atoms with Crippen molar-refractivity contribution < 1.29 is 5.11 Å². The number of aliphatic hydroxyl groups excluding tert-OH is 1. The first-order chi connectivity index (χ1) is 12.2. The van der Waals surface area contributed by atoms with E-state index in [2.05, 4.69) is 60.8 Å². The Morgan fingerprint density at radius 2 is 1.58 bits per heavy atom. The summed E-state index contributed by atoms with van der Waals surface area (Å²) in [6.07, 6.45) is 12.8. The van der Waals surface area contributed by atoms with Crippen LogP contribution in [-0.4, -0.2) is 11.2 Å². The third-order valence-electron chi connectivity index (χ3n) is 5.47. The van der Waals surface area contributed by atoms with Crippen molar-refractivity contribution in [3.8, 4) is 0 Å². The van der Waals surface area contributed by atoms with E-state index >= 15 is 0 Å². The maximum atomic E-state index is 10.7. The monoisotopic (exact) mass is 362 g/mol. The molecule has 0 saturated heterocycles. The van der Waals surface area contributed by atoms with E-state index in [-0.39, 0.29) is 6.10 Å². The Morgan fingerprint density at radius 1 is 0.962 bits per heavy atom. The van der Waals surface area contributed by atoms with Crippen LogP contribution in [0.5, 0.6) is 0 Å². The van der Waals surface area contributed by atoms with E-state index in [1.54, 1.807) is 0 Å². The number of allylic oxidation sites excluding steroid dienone is 3. The average molecular weight is 363 g/mol. The van der Waals surface area contributed by atoms with E-state index in [0.717, 1.165) is 43.6 Å². The van der Waals surface area contributed by atoms with Crippen molar-refractivity contribution in [3.05, 3.63) is 36.5 Å². The van der Waals surface area contributed by atoms with Gasteiger partial charge in [0.25, 0.3) is 0 Å². The summed E-state index contributed by atoms with van der Waals surface area (Å²) in [5.74, 6) is 2.40. The van der Waals surface area contributed by atoms with Crippen LogP contribution in [0.4, 0.5) is 0 Å². The van der Waals surface area contributed by atoms with Crippen molar-refractivity contribution >= 4 is 0 Å². The van der Waals surface area contributed by atoms with Crippen LogP contribution in [0.2, 0.25) is 0 Å². The molecule has 0 aliphatic rings. The first-order valence-electron chi connectivity index (χ1n) is 10.8. The molecule has 1 nitrogen and oxygen atoms in total. The quantitative estimate of drug-likeness (QED) is 0.296. The second-order valence-electron chi connectivity index (χ2n) is 9.10. The van der Waals surface area contributed by atoms with E-state index in [9.17, 15) is 5.11 Å². The van der Waals surface area contributed by atoms with Crippen molar-refractivity contribution in [3.63, 3.8) is 0 Å². The molecule has 3 unspecified atom stereocenters. The lowest BCUT2D eigenvalue weighted by Gasteiger charge is -2.24. The molecular weight excluding hydrogens is 316 g/mol. The normalized spacial score (nSPS) is 16.0. The highest BCUT2D eigenvalue weighted by Gasteiger charge is 2.19. The smallest absolute Gasteiger partial charge is 0.0753 e. The van der Waals surface area contributed by atoms with Crippen LogP contribution >= 0.6 is 0 Å². The molecule has 26 heavy (non-hydrogen) atoms. The van der Waals surface area contributed by atoms with Crippen molar-refractivity contribution in [2.45, 2.75) is 99.0 Å². The Kier molecular flexibility index (Phi) is 13.8. The highest BCUT2D eigenvalue weighted by Crippen LogP contribution is 2.29. The van der Waals surface area contributed by atoms with Crippen LogP contribution in [0.15, 0.2) is 36.5 Å². The zero-order chi connectivity index (χ0) is 20.1. The lowest BCUT2D eigenvalue weighted by atomic mass is 9.83. The van der Waals surface area contributed by atoms with Crippen molar-refractivity contribution in [2.75, 3.05) is 0 Å². The van der Waals surface area contributed by atoms with Gasteiger partial charge in [0.1, 0.15) is 0 Å². The summed E-state index contributed by atoms with van der Waals surface area (Å²) in [6.45, 7) is 21.7. The van der Waals surface area contributed by atoms with Crippen molar-refractivity contribution in [1.82, 2.24) is 0 Å². The van der Waals surface area contributed by atoms with Crippen molar-refractivity contribution in [2.24, 2.45) is 23.7 Å². The second-order valence-corrected chi connectivity index (χ2v) is 9.10. The lowest BCUT2D eigenvalue weighted by molar-refractivity contribution is 0.177. The molecule has 0 amide bonds. The third-order valence-corrected chi connectivity index (χ3v) is 5.47. The fraction of sp³-hybridized carbons (Fsp3) is 0.760. The van der Waals surface area contributed by atoms with E-state index in [1.807, 2.05) is 6.08 Å². The van der Waals surface area contributed by atoms with Gasteiger partial charge in [-0.2, -0.15) is 0 Å². The minimum Gasteiger partial charge on any atom is -0.389 e. The van der Waals surface area contributed by atoms with E-state index < -0.39 is 0 Å². The van der Waals surface area contributed by atoms with Gasteiger partial charge in [-0.05, 0) is 81.1 Å². The fourth-order valence-corrected chi connectivity index (χ4v) is 3.25. The molecule has 0 fully saturated rings. The molecule has 0 bridgehead atoms. The number of rotatable bonds is 15. The summed E-state index contributed by atoms with van der Waals surface area (Å²) in [7, 11) is 0. The molecule has 0 aromatic heterocycles. The fourth-order valence-electron chi connectivity index (χ4n) is 3.25. The zero-order valence-corrected chi connectivity index (χ0v) is 18.6. The Bertz CT molecular complexity index is 416. The summed E-state index contributed by atoms with van der Waals surface area (Å²) in [6, 6.07) is 0. The van der Waals surface area contributed by atoms with Gasteiger partial charge in [0.2, 0.25) is 0 Å². The molecule has 152 valence electrons. The molecule has 0 aliphatic heterocycles. The largest absolute Gasteiger partial charge is 0.389 e. The molecule has 1 N–H and O–H groups in total. The summed E-state index contributed by atoms with van der Waals surface area (Å²) < 4.78 is 0. The van der Waals surface area contributed by atoms with Gasteiger partial charge in [0.15, 0.2) is 0 Å². The Hall–Kier alpha value is -0.820. The van der Waals surface area contributed by atoms with Gasteiger partial charge in [-0.3, -0.25) is 0 Å². The van der Waals surface area contributed by atoms with E-state index in [4.69, 9.17) is 0 Å². The number of hydrogen-bond acceptors (Lipinski definition) is 1. The molecule has 0 heterocycles. The van der Waals surface area contributed by atoms with Crippen LogP contribution in [0.3, 0.4) is 0 Å². The average Bonchev–Trinajstić information content (AvgIpc) is 2.56. The van der Waals surface area contributed by atoms with Gasteiger partial charge in [-0.1, -0.05) is 65.3 Å². The van der Waals surface area contributed by atoms with Crippen LogP contribution in [0.1, 0.15) is 92.9 Å². The van der Waals surface area contributed by atoms with E-state index in [1.165, 1.54) is 24.8 Å². The van der Waals surface area contributed by atoms with Gasteiger partial charge < -0.3 is 5.11 Å². The number of hydrogen-bond donors (Lipinski definition) is 1. The maximum Gasteiger partial charge on any atom is 0.0753 e. The first-order valence-corrected chi connectivity index (χ1v) is 10.8.